The Labute approximate surface area is 168 Å². The summed E-state index contributed by atoms with van der Waals surface area (Å²) in [6.45, 7) is 7.56. The summed E-state index contributed by atoms with van der Waals surface area (Å²) >= 11 is 0. The fraction of sp³-hybridized carbons (Fsp3) is 0.889. The molecule has 0 radical (unpaired) electrons. The maximum absolute atomic E-state index is 12.2. The van der Waals surface area contributed by atoms with E-state index in [2.05, 4.69) is 5.32 Å². The van der Waals surface area contributed by atoms with Crippen molar-refractivity contribution in [3.63, 3.8) is 0 Å². The van der Waals surface area contributed by atoms with Gasteiger partial charge in [0.25, 0.3) is 0 Å². The smallest absolute Gasteiger partial charge is 0.463 e. The molecule has 0 rings (SSSR count). The third-order valence-electron chi connectivity index (χ3n) is 3.98. The van der Waals surface area contributed by atoms with Gasteiger partial charge in [0.15, 0.2) is 0 Å². The first-order valence-corrected chi connectivity index (χ1v) is 11.2. The maximum atomic E-state index is 12.2. The van der Waals surface area contributed by atoms with Crippen molar-refractivity contribution in [2.75, 3.05) is 47.5 Å². The molecule has 1 amide bonds. The highest BCUT2D eigenvalue weighted by molar-refractivity contribution is 7.47. The lowest BCUT2D eigenvalue weighted by Crippen LogP contribution is -2.38. The zero-order valence-corrected chi connectivity index (χ0v) is 19.2. The van der Waals surface area contributed by atoms with E-state index in [1.54, 1.807) is 13.8 Å². The number of nitrogens with zero attached hydrogens (tertiary/aromatic N) is 1. The maximum Gasteiger partial charge on any atom is 0.472 e. The molecule has 0 aliphatic rings. The van der Waals surface area contributed by atoms with Crippen LogP contribution in [0, 0.1) is 11.8 Å². The number of amides is 1. The number of carbonyl (C=O) groups is 2. The Morgan fingerprint density at radius 2 is 1.64 bits per heavy atom. The molecule has 0 aliphatic heterocycles. The Bertz CT molecular complexity index is 535. The van der Waals surface area contributed by atoms with Gasteiger partial charge in [-0.15, -0.1) is 0 Å². The fourth-order valence-corrected chi connectivity index (χ4v) is 2.90. The van der Waals surface area contributed by atoms with Crippen molar-refractivity contribution >= 4 is 19.7 Å². The largest absolute Gasteiger partial charge is 0.472 e. The molecule has 0 aromatic carbocycles. The molecular formula is C18H38N2O7P+. The summed E-state index contributed by atoms with van der Waals surface area (Å²) in [5.74, 6) is -0.974. The number of ether oxygens (including phenoxy) is 1. The predicted molar refractivity (Wildman–Crippen MR) is 106 cm³/mol. The van der Waals surface area contributed by atoms with E-state index >= 15 is 0 Å². The topological polar surface area (TPSA) is 111 Å². The van der Waals surface area contributed by atoms with E-state index in [0.29, 0.717) is 23.9 Å². The van der Waals surface area contributed by atoms with Crippen LogP contribution < -0.4 is 5.32 Å². The minimum absolute atomic E-state index is 0.0620. The number of carbonyl (C=O) groups excluding carboxylic acids is 2. The Kier molecular flexibility index (Phi) is 12.1. The van der Waals surface area contributed by atoms with Gasteiger partial charge in [-0.1, -0.05) is 20.8 Å². The van der Waals surface area contributed by atoms with Crippen LogP contribution in [-0.2, 0) is 27.9 Å². The number of nitrogens with one attached hydrogen (secondary N) is 1. The molecule has 3 unspecified atom stereocenters. The molecule has 0 fully saturated rings. The highest BCUT2D eigenvalue weighted by Crippen LogP contribution is 2.42. The lowest BCUT2D eigenvalue weighted by Gasteiger charge is -2.24. The SMILES string of the molecule is CCC(CC(C)NC(=O)C(C)C)C(=O)OCCOP(=O)(O)OCC[N+](C)(C)C. The second-order valence-corrected chi connectivity index (χ2v) is 9.68. The van der Waals surface area contributed by atoms with Gasteiger partial charge in [0, 0.05) is 12.0 Å². The van der Waals surface area contributed by atoms with E-state index in [4.69, 9.17) is 13.8 Å². The Balaban J connectivity index is 4.22. The summed E-state index contributed by atoms with van der Waals surface area (Å²) in [5, 5.41) is 2.86. The average Bonchev–Trinajstić information content (AvgIpc) is 2.54. The van der Waals surface area contributed by atoms with E-state index < -0.39 is 13.8 Å². The second-order valence-electron chi connectivity index (χ2n) is 8.22. The number of quaternary nitrogens is 1. The number of phosphoric ester groups is 1. The summed E-state index contributed by atoms with van der Waals surface area (Å²) in [4.78, 5) is 33.5. The van der Waals surface area contributed by atoms with Gasteiger partial charge in [-0.25, -0.2) is 4.57 Å². The molecule has 0 aromatic rings. The summed E-state index contributed by atoms with van der Waals surface area (Å²) in [7, 11) is 1.64. The number of likely N-dealkylation sites (N-methyl/N-ethyl adjacent to an activating group) is 1. The van der Waals surface area contributed by atoms with E-state index in [9.17, 15) is 19.0 Å². The molecule has 0 bridgehead atoms. The van der Waals surface area contributed by atoms with E-state index in [-0.39, 0.29) is 43.6 Å². The minimum Gasteiger partial charge on any atom is -0.463 e. The van der Waals surface area contributed by atoms with Crippen molar-refractivity contribution < 1.29 is 37.3 Å². The van der Waals surface area contributed by atoms with Gasteiger partial charge in [-0.3, -0.25) is 18.6 Å². The monoisotopic (exact) mass is 425 g/mol. The lowest BCUT2D eigenvalue weighted by molar-refractivity contribution is -0.870. The van der Waals surface area contributed by atoms with Crippen LogP contribution in [0.3, 0.4) is 0 Å². The second kappa shape index (κ2) is 12.5. The van der Waals surface area contributed by atoms with Crippen molar-refractivity contribution in [1.29, 1.82) is 0 Å². The first-order valence-electron chi connectivity index (χ1n) is 9.66. The molecule has 28 heavy (non-hydrogen) atoms. The molecule has 2 N–H and O–H groups in total. The lowest BCUT2D eigenvalue weighted by atomic mass is 9.98. The molecule has 0 saturated carbocycles. The fourth-order valence-electron chi connectivity index (χ4n) is 2.20. The molecule has 0 aliphatic carbocycles. The van der Waals surface area contributed by atoms with Gasteiger partial charge in [0.2, 0.25) is 5.91 Å². The normalized spacial score (nSPS) is 16.3. The number of hydrogen-bond acceptors (Lipinski definition) is 6. The quantitative estimate of drug-likeness (QED) is 0.189. The van der Waals surface area contributed by atoms with Crippen molar-refractivity contribution in [3.05, 3.63) is 0 Å². The van der Waals surface area contributed by atoms with Gasteiger partial charge >= 0.3 is 13.8 Å². The van der Waals surface area contributed by atoms with Crippen LogP contribution in [0.1, 0.15) is 40.5 Å². The number of esters is 1. The van der Waals surface area contributed by atoms with Crippen molar-refractivity contribution in [1.82, 2.24) is 5.32 Å². The zero-order valence-electron chi connectivity index (χ0n) is 18.3. The van der Waals surface area contributed by atoms with Gasteiger partial charge in [0.1, 0.15) is 19.8 Å². The molecule has 0 saturated heterocycles. The van der Waals surface area contributed by atoms with Crippen LogP contribution in [0.4, 0.5) is 0 Å². The van der Waals surface area contributed by atoms with Crippen LogP contribution in [0.5, 0.6) is 0 Å². The average molecular weight is 425 g/mol. The molecule has 166 valence electrons. The highest BCUT2D eigenvalue weighted by Gasteiger charge is 2.24. The van der Waals surface area contributed by atoms with Gasteiger partial charge in [0.05, 0.1) is 33.7 Å². The highest BCUT2D eigenvalue weighted by atomic mass is 31.2. The molecule has 0 aromatic heterocycles. The van der Waals surface area contributed by atoms with Gasteiger partial charge in [-0.2, -0.15) is 0 Å². The van der Waals surface area contributed by atoms with E-state index in [1.165, 1.54) is 0 Å². The molecular weight excluding hydrogens is 387 g/mol. The number of rotatable bonds is 14. The van der Waals surface area contributed by atoms with E-state index in [0.717, 1.165) is 0 Å². The predicted octanol–water partition coefficient (Wildman–Crippen LogP) is 1.95. The summed E-state index contributed by atoms with van der Waals surface area (Å²) in [6.07, 6.45) is 1.02. The standard InChI is InChI=1S/C18H37N2O7P/c1-8-16(13-15(4)19-17(21)14(2)3)18(22)25-11-12-27-28(23,24)26-10-9-20(5,6)7/h14-16H,8-13H2,1-7H3,(H-,19,21,23,24)/p+1. The third kappa shape index (κ3) is 13.2. The molecule has 0 spiro atoms. The summed E-state index contributed by atoms with van der Waals surface area (Å²) < 4.78 is 27.2. The van der Waals surface area contributed by atoms with Gasteiger partial charge in [-0.05, 0) is 19.8 Å². The van der Waals surface area contributed by atoms with Crippen molar-refractivity contribution in [3.8, 4) is 0 Å². The van der Waals surface area contributed by atoms with Crippen molar-refractivity contribution in [2.24, 2.45) is 11.8 Å². The first-order chi connectivity index (χ1) is 12.8. The molecule has 3 atom stereocenters. The first kappa shape index (κ1) is 27.0. The summed E-state index contributed by atoms with van der Waals surface area (Å²) in [6, 6.07) is -0.157. The van der Waals surface area contributed by atoms with Crippen LogP contribution in [0.2, 0.25) is 0 Å². The summed E-state index contributed by atoms with van der Waals surface area (Å²) in [5.41, 5.74) is 0. The van der Waals surface area contributed by atoms with Crippen molar-refractivity contribution in [2.45, 2.75) is 46.6 Å². The van der Waals surface area contributed by atoms with Crippen LogP contribution >= 0.6 is 7.82 Å². The van der Waals surface area contributed by atoms with Gasteiger partial charge < -0.3 is 19.4 Å². The number of phosphoric acid groups is 1. The Hall–Kier alpha value is -0.990. The molecule has 0 heterocycles. The third-order valence-corrected chi connectivity index (χ3v) is 4.99. The zero-order chi connectivity index (χ0) is 22.0. The van der Waals surface area contributed by atoms with Crippen LogP contribution in [0.25, 0.3) is 0 Å². The molecule has 9 nitrogen and oxygen atoms in total. The van der Waals surface area contributed by atoms with Crippen LogP contribution in [0.15, 0.2) is 0 Å². The Morgan fingerprint density at radius 1 is 1.07 bits per heavy atom. The van der Waals surface area contributed by atoms with E-state index in [1.807, 2.05) is 35.0 Å². The molecule has 10 heteroatoms. The Morgan fingerprint density at radius 3 is 2.14 bits per heavy atom. The van der Waals surface area contributed by atoms with Crippen LogP contribution in [-0.4, -0.2) is 74.8 Å². The minimum atomic E-state index is -4.17. The number of hydrogen-bond donors (Lipinski definition) is 2.